The molecule has 0 unspecified atom stereocenters. The maximum Gasteiger partial charge on any atom is 0.0198 e. The molecule has 0 saturated heterocycles. The van der Waals surface area contributed by atoms with E-state index in [0.717, 1.165) is 10.5 Å². The van der Waals surface area contributed by atoms with E-state index in [1.807, 2.05) is 12.1 Å². The fourth-order valence-electron chi connectivity index (χ4n) is 1.08. The molecule has 1 radical (unpaired) electrons. The van der Waals surface area contributed by atoms with Crippen LogP contribution in [0.4, 0.5) is 0 Å². The van der Waals surface area contributed by atoms with Gasteiger partial charge in [0.2, 0.25) is 0 Å². The lowest BCUT2D eigenvalue weighted by molar-refractivity contribution is 1.45. The van der Waals surface area contributed by atoms with Crippen LogP contribution in [-0.2, 0) is 0 Å². The normalized spacial score (nSPS) is 10.1. The topological polar surface area (TPSA) is 0 Å². The predicted octanol–water partition coefficient (Wildman–Crippen LogP) is 3.50. The van der Waals surface area contributed by atoms with E-state index in [9.17, 15) is 0 Å². The van der Waals surface area contributed by atoms with Crippen molar-refractivity contribution < 1.29 is 0 Å². The van der Waals surface area contributed by atoms with E-state index in [-0.39, 0.29) is 0 Å². The average Bonchev–Trinajstić information content (AvgIpc) is 2.57. The minimum Gasteiger partial charge on any atom is -0.152 e. The second-order valence-electron chi connectivity index (χ2n) is 2.44. The second kappa shape index (κ2) is 3.33. The van der Waals surface area contributed by atoms with Gasteiger partial charge in [0.25, 0.3) is 0 Å². The Bertz CT molecular complexity index is 363. The molecular weight excluding hydrogens is 184 g/mol. The standard InChI is InChI=1S/C10H7S2/c11-10-4-2-1-3-9(10)8-5-6-12-7-8/h1-3,5-7,11H. The van der Waals surface area contributed by atoms with E-state index in [1.54, 1.807) is 11.3 Å². The Morgan fingerprint density at radius 1 is 1.33 bits per heavy atom. The first kappa shape index (κ1) is 7.90. The molecule has 0 aliphatic heterocycles. The minimum absolute atomic E-state index is 0.913. The third-order valence-electron chi connectivity index (χ3n) is 1.67. The summed E-state index contributed by atoms with van der Waals surface area (Å²) in [4.78, 5) is 0.913. The Hall–Kier alpha value is -0.730. The molecule has 2 aromatic rings. The summed E-state index contributed by atoms with van der Waals surface area (Å²) in [5.74, 6) is 0. The first-order valence-corrected chi connectivity index (χ1v) is 4.99. The molecule has 2 heteroatoms. The summed E-state index contributed by atoms with van der Waals surface area (Å²) in [5.41, 5.74) is 2.38. The van der Waals surface area contributed by atoms with Gasteiger partial charge in [-0.3, -0.25) is 0 Å². The number of hydrogen-bond acceptors (Lipinski definition) is 2. The second-order valence-corrected chi connectivity index (χ2v) is 3.67. The predicted molar refractivity (Wildman–Crippen MR) is 55.8 cm³/mol. The highest BCUT2D eigenvalue weighted by molar-refractivity contribution is 7.80. The van der Waals surface area contributed by atoms with Crippen molar-refractivity contribution in [2.75, 3.05) is 0 Å². The quantitative estimate of drug-likeness (QED) is 0.655. The molecular formula is C10H7S2. The van der Waals surface area contributed by atoms with E-state index >= 15 is 0 Å². The lowest BCUT2D eigenvalue weighted by Gasteiger charge is -1.99. The third-order valence-corrected chi connectivity index (χ3v) is 2.72. The summed E-state index contributed by atoms with van der Waals surface area (Å²) in [6.07, 6.45) is 0. The molecule has 0 spiro atoms. The van der Waals surface area contributed by atoms with Gasteiger partial charge in [-0.1, -0.05) is 18.2 Å². The SMILES string of the molecule is Sc1[c]cccc1-c1ccsc1. The molecule has 0 bridgehead atoms. The van der Waals surface area contributed by atoms with Gasteiger partial charge in [-0.25, -0.2) is 0 Å². The average molecular weight is 191 g/mol. The van der Waals surface area contributed by atoms with Crippen LogP contribution in [0.1, 0.15) is 0 Å². The Morgan fingerprint density at radius 3 is 2.92 bits per heavy atom. The number of rotatable bonds is 1. The molecule has 0 saturated carbocycles. The Kier molecular flexibility index (Phi) is 2.19. The maximum atomic E-state index is 4.33. The minimum atomic E-state index is 0.913. The zero-order valence-electron chi connectivity index (χ0n) is 6.32. The highest BCUT2D eigenvalue weighted by Crippen LogP contribution is 2.27. The molecule has 12 heavy (non-hydrogen) atoms. The first-order chi connectivity index (χ1) is 5.88. The zero-order valence-corrected chi connectivity index (χ0v) is 8.03. The van der Waals surface area contributed by atoms with Crippen molar-refractivity contribution in [2.24, 2.45) is 0 Å². The summed E-state index contributed by atoms with van der Waals surface area (Å²) in [6, 6.07) is 11.1. The van der Waals surface area contributed by atoms with Gasteiger partial charge in [0.1, 0.15) is 0 Å². The van der Waals surface area contributed by atoms with Gasteiger partial charge >= 0.3 is 0 Å². The zero-order chi connectivity index (χ0) is 8.39. The van der Waals surface area contributed by atoms with Crippen molar-refractivity contribution in [2.45, 2.75) is 4.90 Å². The molecule has 0 nitrogen and oxygen atoms in total. The molecule has 1 heterocycles. The van der Waals surface area contributed by atoms with Crippen LogP contribution in [0, 0.1) is 6.07 Å². The van der Waals surface area contributed by atoms with Crippen LogP contribution in [0.25, 0.3) is 11.1 Å². The van der Waals surface area contributed by atoms with Gasteiger partial charge in [-0.05, 0) is 34.0 Å². The van der Waals surface area contributed by atoms with Crippen LogP contribution in [0.5, 0.6) is 0 Å². The number of hydrogen-bond donors (Lipinski definition) is 1. The summed E-state index contributed by atoms with van der Waals surface area (Å²) in [7, 11) is 0. The van der Waals surface area contributed by atoms with Crippen LogP contribution in [-0.4, -0.2) is 0 Å². The molecule has 0 N–H and O–H groups in total. The van der Waals surface area contributed by atoms with E-state index in [4.69, 9.17) is 0 Å². The molecule has 59 valence electrons. The molecule has 0 aliphatic carbocycles. The molecule has 0 amide bonds. The van der Waals surface area contributed by atoms with Crippen LogP contribution in [0.3, 0.4) is 0 Å². The summed E-state index contributed by atoms with van der Waals surface area (Å²) in [6.45, 7) is 0. The highest BCUT2D eigenvalue weighted by atomic mass is 32.1. The van der Waals surface area contributed by atoms with Crippen molar-refractivity contribution in [1.29, 1.82) is 0 Å². The van der Waals surface area contributed by atoms with Crippen LogP contribution in [0.2, 0.25) is 0 Å². The molecule has 1 aromatic heterocycles. The van der Waals surface area contributed by atoms with Crippen LogP contribution >= 0.6 is 24.0 Å². The Labute approximate surface area is 81.3 Å². The lowest BCUT2D eigenvalue weighted by Crippen LogP contribution is -1.75. The van der Waals surface area contributed by atoms with E-state index in [2.05, 4.69) is 41.6 Å². The highest BCUT2D eigenvalue weighted by Gasteiger charge is 2.00. The van der Waals surface area contributed by atoms with Gasteiger partial charge in [0.15, 0.2) is 0 Å². The van der Waals surface area contributed by atoms with E-state index in [0.29, 0.717) is 0 Å². The van der Waals surface area contributed by atoms with Crippen molar-refractivity contribution in [3.05, 3.63) is 41.1 Å². The van der Waals surface area contributed by atoms with Crippen LogP contribution in [0.15, 0.2) is 39.9 Å². The molecule has 2 rings (SSSR count). The lowest BCUT2D eigenvalue weighted by atomic mass is 10.1. The van der Waals surface area contributed by atoms with Crippen molar-refractivity contribution in [3.8, 4) is 11.1 Å². The molecule has 0 fully saturated rings. The molecule has 1 aromatic carbocycles. The summed E-state index contributed by atoms with van der Waals surface area (Å²) >= 11 is 6.03. The Balaban J connectivity index is 2.55. The smallest absolute Gasteiger partial charge is 0.0198 e. The largest absolute Gasteiger partial charge is 0.152 e. The molecule has 0 atom stereocenters. The third kappa shape index (κ3) is 1.40. The number of thiophene rings is 1. The van der Waals surface area contributed by atoms with Crippen molar-refractivity contribution in [3.63, 3.8) is 0 Å². The Morgan fingerprint density at radius 2 is 2.25 bits per heavy atom. The van der Waals surface area contributed by atoms with Crippen molar-refractivity contribution in [1.82, 2.24) is 0 Å². The monoisotopic (exact) mass is 191 g/mol. The van der Waals surface area contributed by atoms with Crippen molar-refractivity contribution >= 4 is 24.0 Å². The maximum absolute atomic E-state index is 4.33. The summed E-state index contributed by atoms with van der Waals surface area (Å²) < 4.78 is 0. The fraction of sp³-hybridized carbons (Fsp3) is 0. The fourth-order valence-corrected chi connectivity index (χ4v) is 2.01. The van der Waals surface area contributed by atoms with Gasteiger partial charge < -0.3 is 0 Å². The molecule has 0 aliphatic rings. The number of thiol groups is 1. The van der Waals surface area contributed by atoms with Gasteiger partial charge in [-0.2, -0.15) is 11.3 Å². The van der Waals surface area contributed by atoms with E-state index in [1.165, 1.54) is 5.56 Å². The van der Waals surface area contributed by atoms with Crippen LogP contribution < -0.4 is 0 Å². The van der Waals surface area contributed by atoms with Gasteiger partial charge in [0.05, 0.1) is 0 Å². The van der Waals surface area contributed by atoms with Gasteiger partial charge in [0, 0.05) is 4.90 Å². The number of benzene rings is 1. The first-order valence-electron chi connectivity index (χ1n) is 3.60. The van der Waals surface area contributed by atoms with Gasteiger partial charge in [-0.15, -0.1) is 12.6 Å². The van der Waals surface area contributed by atoms with E-state index < -0.39 is 0 Å². The summed E-state index contributed by atoms with van der Waals surface area (Å²) in [5, 5.41) is 4.18.